The molecule has 136 valence electrons. The Balaban J connectivity index is 0.000000316. The fourth-order valence-electron chi connectivity index (χ4n) is 2.56. The number of ether oxygens (including phenoxy) is 1. The smallest absolute Gasteiger partial charge is 0.119 e. The van der Waals surface area contributed by atoms with Crippen LogP contribution in [0.25, 0.3) is 0 Å². The molecule has 1 aromatic heterocycles. The van der Waals surface area contributed by atoms with Crippen LogP contribution < -0.4 is 15.4 Å². The Hall–Kier alpha value is -1.91. The highest BCUT2D eigenvalue weighted by Crippen LogP contribution is 2.12. The lowest BCUT2D eigenvalue weighted by Gasteiger charge is -2.08. The van der Waals surface area contributed by atoms with E-state index in [0.717, 1.165) is 37.6 Å². The summed E-state index contributed by atoms with van der Waals surface area (Å²) in [5, 5.41) is 6.66. The lowest BCUT2D eigenvalue weighted by atomic mass is 10.2. The highest BCUT2D eigenvalue weighted by Gasteiger charge is 1.97. The maximum atomic E-state index is 5.55. The molecule has 4 nitrogen and oxygen atoms in total. The molecule has 25 heavy (non-hydrogen) atoms. The minimum absolute atomic E-state index is 0.775. The molecule has 1 fully saturated rings. The number of pyridine rings is 1. The van der Waals surface area contributed by atoms with Crippen molar-refractivity contribution in [3.8, 4) is 5.75 Å². The van der Waals surface area contributed by atoms with E-state index in [0.29, 0.717) is 0 Å². The van der Waals surface area contributed by atoms with Crippen LogP contribution in [-0.4, -0.2) is 24.7 Å². The number of piperidine rings is 1. The Labute approximate surface area is 152 Å². The quantitative estimate of drug-likeness (QED) is 0.801. The van der Waals surface area contributed by atoms with Crippen molar-refractivity contribution in [2.45, 2.75) is 45.7 Å². The van der Waals surface area contributed by atoms with Gasteiger partial charge in [-0.15, -0.1) is 0 Å². The summed E-state index contributed by atoms with van der Waals surface area (Å²) in [6, 6.07) is 14.2. The van der Waals surface area contributed by atoms with Crippen molar-refractivity contribution in [3.63, 3.8) is 0 Å². The van der Waals surface area contributed by atoms with Gasteiger partial charge in [0.05, 0.1) is 12.3 Å². The van der Waals surface area contributed by atoms with Crippen molar-refractivity contribution < 1.29 is 4.74 Å². The topological polar surface area (TPSA) is 46.2 Å². The van der Waals surface area contributed by atoms with Crippen molar-refractivity contribution in [3.05, 3.63) is 59.9 Å². The van der Waals surface area contributed by atoms with Gasteiger partial charge in [-0.3, -0.25) is 4.98 Å². The number of rotatable bonds is 7. The lowest BCUT2D eigenvalue weighted by molar-refractivity contribution is 0.317. The van der Waals surface area contributed by atoms with Crippen LogP contribution in [0.5, 0.6) is 5.75 Å². The van der Waals surface area contributed by atoms with Gasteiger partial charge in [0.15, 0.2) is 0 Å². The summed E-state index contributed by atoms with van der Waals surface area (Å²) in [7, 11) is 0. The lowest BCUT2D eigenvalue weighted by Crippen LogP contribution is -2.21. The van der Waals surface area contributed by atoms with Crippen LogP contribution in [0.2, 0.25) is 0 Å². The van der Waals surface area contributed by atoms with Crippen LogP contribution in [-0.2, 0) is 13.1 Å². The summed E-state index contributed by atoms with van der Waals surface area (Å²) >= 11 is 0. The maximum Gasteiger partial charge on any atom is 0.119 e. The van der Waals surface area contributed by atoms with E-state index in [-0.39, 0.29) is 0 Å². The van der Waals surface area contributed by atoms with Gasteiger partial charge in [-0.25, -0.2) is 0 Å². The molecule has 4 heteroatoms. The van der Waals surface area contributed by atoms with Crippen LogP contribution in [0.15, 0.2) is 48.7 Å². The molecule has 0 atom stereocenters. The Morgan fingerprint density at radius 1 is 1.00 bits per heavy atom. The molecule has 0 bridgehead atoms. The van der Waals surface area contributed by atoms with Gasteiger partial charge in [0.2, 0.25) is 0 Å². The van der Waals surface area contributed by atoms with E-state index in [1.165, 1.54) is 37.9 Å². The van der Waals surface area contributed by atoms with E-state index in [1.807, 2.05) is 36.5 Å². The minimum Gasteiger partial charge on any atom is -0.494 e. The van der Waals surface area contributed by atoms with Crippen LogP contribution >= 0.6 is 0 Å². The third-order valence-electron chi connectivity index (χ3n) is 3.96. The summed E-state index contributed by atoms with van der Waals surface area (Å²) in [6.07, 6.45) is 7.07. The zero-order valence-electron chi connectivity index (χ0n) is 15.3. The molecule has 1 aliphatic rings. The molecule has 1 aromatic carbocycles. The molecule has 2 aromatic rings. The van der Waals surface area contributed by atoms with E-state index in [1.54, 1.807) is 0 Å². The van der Waals surface area contributed by atoms with Crippen molar-refractivity contribution in [2.24, 2.45) is 0 Å². The normalized spacial score (nSPS) is 13.6. The van der Waals surface area contributed by atoms with Gasteiger partial charge in [-0.05, 0) is 62.2 Å². The number of aromatic nitrogens is 1. The zero-order valence-corrected chi connectivity index (χ0v) is 15.3. The van der Waals surface area contributed by atoms with E-state index in [9.17, 15) is 0 Å². The van der Waals surface area contributed by atoms with E-state index in [4.69, 9.17) is 4.74 Å². The van der Waals surface area contributed by atoms with Crippen molar-refractivity contribution in [1.29, 1.82) is 0 Å². The standard InChI is InChI=1S/C16H20N2O.C5H11N/c1-2-11-19-16-8-6-14(7-9-16)12-17-13-15-5-3-4-10-18-15;1-2-4-6-5-3-1/h3-10,17H,2,11-13H2,1H3;6H,1-5H2. The molecular formula is C21H31N3O. The number of hydrogen-bond acceptors (Lipinski definition) is 4. The van der Waals surface area contributed by atoms with Crippen molar-refractivity contribution in [2.75, 3.05) is 19.7 Å². The highest BCUT2D eigenvalue weighted by molar-refractivity contribution is 5.27. The van der Waals surface area contributed by atoms with Crippen LogP contribution in [0.1, 0.15) is 43.9 Å². The fourth-order valence-corrected chi connectivity index (χ4v) is 2.56. The average Bonchev–Trinajstić information content (AvgIpc) is 2.70. The molecule has 0 radical (unpaired) electrons. The van der Waals surface area contributed by atoms with Gasteiger partial charge >= 0.3 is 0 Å². The predicted octanol–water partition coefficient (Wildman–Crippen LogP) is 3.92. The molecule has 1 saturated heterocycles. The van der Waals surface area contributed by atoms with E-state index in [2.05, 4.69) is 34.7 Å². The first-order chi connectivity index (χ1) is 12.4. The Kier molecular flexibility index (Phi) is 9.67. The van der Waals surface area contributed by atoms with Gasteiger partial charge in [-0.1, -0.05) is 31.5 Å². The molecule has 2 heterocycles. The highest BCUT2D eigenvalue weighted by atomic mass is 16.5. The summed E-state index contributed by atoms with van der Waals surface area (Å²) in [4.78, 5) is 4.28. The Bertz CT molecular complexity index is 542. The largest absolute Gasteiger partial charge is 0.494 e. The first-order valence-corrected chi connectivity index (χ1v) is 9.41. The maximum absolute atomic E-state index is 5.55. The number of nitrogens with one attached hydrogen (secondary N) is 2. The molecule has 1 aliphatic heterocycles. The van der Waals surface area contributed by atoms with Crippen LogP contribution in [0.3, 0.4) is 0 Å². The van der Waals surface area contributed by atoms with Gasteiger partial charge in [0, 0.05) is 19.3 Å². The minimum atomic E-state index is 0.775. The third kappa shape index (κ3) is 8.66. The first-order valence-electron chi connectivity index (χ1n) is 9.41. The second-order valence-corrected chi connectivity index (χ2v) is 6.23. The van der Waals surface area contributed by atoms with Gasteiger partial charge < -0.3 is 15.4 Å². The monoisotopic (exact) mass is 341 g/mol. The van der Waals surface area contributed by atoms with Crippen molar-refractivity contribution in [1.82, 2.24) is 15.6 Å². The second-order valence-electron chi connectivity index (χ2n) is 6.23. The molecule has 0 unspecified atom stereocenters. The fraction of sp³-hybridized carbons (Fsp3) is 0.476. The molecule has 0 aliphatic carbocycles. The van der Waals surface area contributed by atoms with Gasteiger partial charge in [0.25, 0.3) is 0 Å². The Morgan fingerprint density at radius 2 is 1.80 bits per heavy atom. The summed E-state index contributed by atoms with van der Waals surface area (Å²) in [5.74, 6) is 0.940. The first kappa shape index (κ1) is 19.4. The molecule has 0 saturated carbocycles. The molecular weight excluding hydrogens is 310 g/mol. The number of benzene rings is 1. The van der Waals surface area contributed by atoms with Gasteiger partial charge in [0.1, 0.15) is 5.75 Å². The number of nitrogens with zero attached hydrogens (tertiary/aromatic N) is 1. The van der Waals surface area contributed by atoms with Crippen LogP contribution in [0, 0.1) is 0 Å². The van der Waals surface area contributed by atoms with Crippen molar-refractivity contribution >= 4 is 0 Å². The Morgan fingerprint density at radius 3 is 2.36 bits per heavy atom. The molecule has 2 N–H and O–H groups in total. The third-order valence-corrected chi connectivity index (χ3v) is 3.96. The summed E-state index contributed by atoms with van der Waals surface area (Å²) in [6.45, 7) is 7.01. The SMILES string of the molecule is C1CCNCC1.CCCOc1ccc(CNCc2ccccn2)cc1. The van der Waals surface area contributed by atoms with E-state index < -0.39 is 0 Å². The zero-order chi connectivity index (χ0) is 17.6. The molecule has 0 amide bonds. The molecule has 3 rings (SSSR count). The van der Waals surface area contributed by atoms with Crippen LogP contribution in [0.4, 0.5) is 0 Å². The summed E-state index contributed by atoms with van der Waals surface area (Å²) in [5.41, 5.74) is 2.31. The second kappa shape index (κ2) is 12.5. The summed E-state index contributed by atoms with van der Waals surface area (Å²) < 4.78 is 5.55. The predicted molar refractivity (Wildman–Crippen MR) is 104 cm³/mol. The van der Waals surface area contributed by atoms with E-state index >= 15 is 0 Å². The van der Waals surface area contributed by atoms with Gasteiger partial charge in [-0.2, -0.15) is 0 Å². The number of hydrogen-bond donors (Lipinski definition) is 2. The average molecular weight is 341 g/mol. The molecule has 0 spiro atoms.